The predicted molar refractivity (Wildman–Crippen MR) is 77.8 cm³/mol. The molecule has 10 heteroatoms. The van der Waals surface area contributed by atoms with E-state index in [2.05, 4.69) is 4.74 Å². The van der Waals surface area contributed by atoms with Crippen LogP contribution in [0.4, 0.5) is 26.3 Å². The second kappa shape index (κ2) is 6.90. The Bertz CT molecular complexity index is 779. The van der Waals surface area contributed by atoms with Gasteiger partial charge in [-0.15, -0.1) is 13.2 Å². The predicted octanol–water partition coefficient (Wildman–Crippen LogP) is 5.01. The summed E-state index contributed by atoms with van der Waals surface area (Å²) >= 11 is 0. The van der Waals surface area contributed by atoms with Gasteiger partial charge in [0.2, 0.25) is 0 Å². The monoisotopic (exact) mass is 381 g/mol. The molecule has 0 aliphatic heterocycles. The van der Waals surface area contributed by atoms with Crippen LogP contribution in [0.1, 0.15) is 31.9 Å². The Morgan fingerprint density at radius 2 is 1.65 bits per heavy atom. The molecule has 0 saturated carbocycles. The molecule has 0 unspecified atom stereocenters. The van der Waals surface area contributed by atoms with Crippen LogP contribution in [0.15, 0.2) is 23.8 Å². The molecule has 0 saturated heterocycles. The van der Waals surface area contributed by atoms with E-state index in [-0.39, 0.29) is 6.07 Å². The van der Waals surface area contributed by atoms with Gasteiger partial charge < -0.3 is 9.84 Å². The lowest BCUT2D eigenvalue weighted by Crippen LogP contribution is -2.23. The van der Waals surface area contributed by atoms with Gasteiger partial charge in [-0.3, -0.25) is 4.79 Å². The number of ether oxygens (including phenoxy) is 1. The number of halogens is 6. The normalized spacial score (nSPS) is 13.7. The summed E-state index contributed by atoms with van der Waals surface area (Å²) in [7, 11) is 0. The number of rotatable bonds is 3. The van der Waals surface area contributed by atoms with Gasteiger partial charge in [0.15, 0.2) is 5.78 Å². The van der Waals surface area contributed by atoms with Crippen molar-refractivity contribution in [2.24, 2.45) is 5.41 Å². The van der Waals surface area contributed by atoms with Crippen molar-refractivity contribution in [3.05, 3.63) is 34.9 Å². The molecule has 0 fully saturated rings. The van der Waals surface area contributed by atoms with Crippen molar-refractivity contribution >= 4 is 11.5 Å². The van der Waals surface area contributed by atoms with Gasteiger partial charge in [-0.25, -0.2) is 0 Å². The van der Waals surface area contributed by atoms with Crippen molar-refractivity contribution in [1.82, 2.24) is 0 Å². The van der Waals surface area contributed by atoms with E-state index in [0.717, 1.165) is 0 Å². The number of carbonyl (C=O) groups is 1. The largest absolute Gasteiger partial charge is 0.573 e. The third-order valence-electron chi connectivity index (χ3n) is 3.04. The standard InChI is InChI=1S/C16H13F6NO3/c1-14(2,3)13(25)10(7-23)12(24)9-5-4-8(26-16(20,21)22)6-11(9)15(17,18)19/h4-6,24H,1-3H3. The van der Waals surface area contributed by atoms with E-state index in [1.807, 2.05) is 0 Å². The summed E-state index contributed by atoms with van der Waals surface area (Å²) in [6.45, 7) is 4.14. The molecule has 1 aromatic rings. The summed E-state index contributed by atoms with van der Waals surface area (Å²) in [5.41, 5.74) is -4.82. The van der Waals surface area contributed by atoms with Crippen LogP contribution in [0, 0.1) is 16.7 Å². The number of ketones is 1. The summed E-state index contributed by atoms with van der Waals surface area (Å²) in [6, 6.07) is 2.39. The number of alkyl halides is 6. The first-order valence-electron chi connectivity index (χ1n) is 6.93. The van der Waals surface area contributed by atoms with Crippen LogP contribution < -0.4 is 4.74 Å². The molecule has 0 aliphatic carbocycles. The fourth-order valence-corrected chi connectivity index (χ4v) is 1.88. The zero-order valence-electron chi connectivity index (χ0n) is 13.7. The number of allylic oxidation sites excluding steroid dienone is 1. The SMILES string of the molecule is CC(C)(C)C(=O)C(C#N)=C(O)c1ccc(OC(F)(F)F)cc1C(F)(F)F. The van der Waals surface area contributed by atoms with Crippen molar-refractivity contribution in [2.75, 3.05) is 0 Å². The van der Waals surface area contributed by atoms with Crippen LogP contribution in [-0.2, 0) is 11.0 Å². The number of nitriles is 1. The summed E-state index contributed by atoms with van der Waals surface area (Å²) in [5, 5.41) is 19.1. The highest BCUT2D eigenvalue weighted by Crippen LogP contribution is 2.39. The lowest BCUT2D eigenvalue weighted by Gasteiger charge is -2.19. The number of aliphatic hydroxyl groups is 1. The maximum Gasteiger partial charge on any atom is 0.573 e. The quantitative estimate of drug-likeness (QED) is 0.346. The van der Waals surface area contributed by atoms with Gasteiger partial charge in [0.1, 0.15) is 23.2 Å². The second-order valence-corrected chi connectivity index (χ2v) is 6.17. The Labute approximate surface area is 144 Å². The van der Waals surface area contributed by atoms with Gasteiger partial charge in [-0.05, 0) is 18.2 Å². The smallest absolute Gasteiger partial charge is 0.506 e. The maximum absolute atomic E-state index is 13.2. The van der Waals surface area contributed by atoms with E-state index in [0.29, 0.717) is 12.1 Å². The fraction of sp³-hybridized carbons (Fsp3) is 0.375. The van der Waals surface area contributed by atoms with Gasteiger partial charge in [-0.1, -0.05) is 20.8 Å². The number of aliphatic hydroxyl groups excluding tert-OH is 1. The van der Waals surface area contributed by atoms with Gasteiger partial charge in [-0.2, -0.15) is 18.4 Å². The number of nitrogens with zero attached hydrogens (tertiary/aromatic N) is 1. The molecule has 26 heavy (non-hydrogen) atoms. The third kappa shape index (κ3) is 5.15. The van der Waals surface area contributed by atoms with Crippen LogP contribution in [-0.4, -0.2) is 17.3 Å². The molecule has 0 aliphatic rings. The Kier molecular flexibility index (Phi) is 5.66. The zero-order valence-corrected chi connectivity index (χ0v) is 13.7. The molecule has 0 spiro atoms. The van der Waals surface area contributed by atoms with Gasteiger partial charge >= 0.3 is 12.5 Å². The molecule has 0 radical (unpaired) electrons. The van der Waals surface area contributed by atoms with E-state index in [4.69, 9.17) is 5.26 Å². The van der Waals surface area contributed by atoms with E-state index in [1.54, 1.807) is 0 Å². The van der Waals surface area contributed by atoms with Gasteiger partial charge in [0.25, 0.3) is 0 Å². The van der Waals surface area contributed by atoms with Crippen LogP contribution in [0.2, 0.25) is 0 Å². The molecule has 1 N–H and O–H groups in total. The highest BCUT2D eigenvalue weighted by atomic mass is 19.4. The second-order valence-electron chi connectivity index (χ2n) is 6.17. The Balaban J connectivity index is 3.64. The van der Waals surface area contributed by atoms with Crippen LogP contribution in [0.5, 0.6) is 5.75 Å². The van der Waals surface area contributed by atoms with Crippen molar-refractivity contribution < 1.29 is 41.0 Å². The minimum Gasteiger partial charge on any atom is -0.506 e. The molecule has 0 bridgehead atoms. The molecular weight excluding hydrogens is 368 g/mol. The number of Topliss-reactive ketones (excluding diaryl/α,β-unsaturated/α-hetero) is 1. The Hall–Kier alpha value is -2.70. The van der Waals surface area contributed by atoms with Crippen molar-refractivity contribution in [1.29, 1.82) is 5.26 Å². The molecule has 1 rings (SSSR count). The van der Waals surface area contributed by atoms with Gasteiger partial charge in [0, 0.05) is 11.0 Å². The molecule has 0 amide bonds. The van der Waals surface area contributed by atoms with E-state index in [1.165, 1.54) is 26.8 Å². The minimum absolute atomic E-state index is 0.0234. The zero-order chi connectivity index (χ0) is 20.5. The van der Waals surface area contributed by atoms with Crippen molar-refractivity contribution in [2.45, 2.75) is 33.3 Å². The summed E-state index contributed by atoms with van der Waals surface area (Å²) in [6.07, 6.45) is -10.4. The summed E-state index contributed by atoms with van der Waals surface area (Å²) in [4.78, 5) is 12.1. The highest BCUT2D eigenvalue weighted by Gasteiger charge is 2.38. The fourth-order valence-electron chi connectivity index (χ4n) is 1.88. The lowest BCUT2D eigenvalue weighted by molar-refractivity contribution is -0.274. The maximum atomic E-state index is 13.2. The Morgan fingerprint density at radius 3 is 2.04 bits per heavy atom. The number of hydrogen-bond donors (Lipinski definition) is 1. The van der Waals surface area contributed by atoms with Crippen LogP contribution in [0.3, 0.4) is 0 Å². The topological polar surface area (TPSA) is 70.3 Å². The summed E-state index contributed by atoms with van der Waals surface area (Å²) < 4.78 is 79.6. The van der Waals surface area contributed by atoms with Gasteiger partial charge in [0.05, 0.1) is 5.56 Å². The van der Waals surface area contributed by atoms with E-state index >= 15 is 0 Å². The first-order chi connectivity index (χ1) is 11.6. The minimum atomic E-state index is -5.22. The van der Waals surface area contributed by atoms with Crippen molar-refractivity contribution in [3.63, 3.8) is 0 Å². The first kappa shape index (κ1) is 21.3. The number of benzene rings is 1. The molecule has 4 nitrogen and oxygen atoms in total. The Morgan fingerprint density at radius 1 is 1.12 bits per heavy atom. The molecular formula is C16H13F6NO3. The molecule has 0 heterocycles. The van der Waals surface area contributed by atoms with E-state index < -0.39 is 51.9 Å². The molecule has 0 atom stereocenters. The third-order valence-corrected chi connectivity index (χ3v) is 3.04. The summed E-state index contributed by atoms with van der Waals surface area (Å²) in [5.74, 6) is -3.37. The average molecular weight is 381 g/mol. The number of carbonyl (C=O) groups excluding carboxylic acids is 1. The van der Waals surface area contributed by atoms with Crippen LogP contribution in [0.25, 0.3) is 5.76 Å². The van der Waals surface area contributed by atoms with Crippen LogP contribution >= 0.6 is 0 Å². The van der Waals surface area contributed by atoms with Crippen molar-refractivity contribution in [3.8, 4) is 11.8 Å². The average Bonchev–Trinajstić information content (AvgIpc) is 2.44. The van der Waals surface area contributed by atoms with E-state index in [9.17, 15) is 36.2 Å². The first-order valence-corrected chi connectivity index (χ1v) is 6.93. The molecule has 0 aromatic heterocycles. The lowest BCUT2D eigenvalue weighted by atomic mass is 9.85. The molecule has 1 aromatic carbocycles. The number of hydrogen-bond acceptors (Lipinski definition) is 4. The highest BCUT2D eigenvalue weighted by molar-refractivity contribution is 6.07. The molecule has 142 valence electrons.